The van der Waals surface area contributed by atoms with Gasteiger partial charge in [-0.2, -0.15) is 5.10 Å². The molecule has 1 amide bonds. The first kappa shape index (κ1) is 13.2. The van der Waals surface area contributed by atoms with Crippen molar-refractivity contribution in [3.63, 3.8) is 0 Å². The van der Waals surface area contributed by atoms with Gasteiger partial charge >= 0.3 is 0 Å². The van der Waals surface area contributed by atoms with Crippen LogP contribution in [0.25, 0.3) is 0 Å². The Morgan fingerprint density at radius 1 is 1.42 bits per heavy atom. The molecule has 0 radical (unpaired) electrons. The summed E-state index contributed by atoms with van der Waals surface area (Å²) >= 11 is 3.20. The van der Waals surface area contributed by atoms with E-state index in [1.165, 1.54) is 18.5 Å². The Balaban J connectivity index is 2.00. The molecule has 2 aromatic rings. The predicted molar refractivity (Wildman–Crippen MR) is 75.1 cm³/mol. The fraction of sp³-hybridized carbons (Fsp3) is 0. The molecule has 6 heteroatoms. The number of nitrogens with one attached hydrogen (secondary N) is 1. The van der Waals surface area contributed by atoms with Crippen LogP contribution in [0.15, 0.2) is 52.3 Å². The Hall–Kier alpha value is -2.21. The Kier molecular flexibility index (Phi) is 4.25. The first-order valence-electron chi connectivity index (χ1n) is 5.39. The minimum absolute atomic E-state index is 0.150. The number of hydrogen-bond acceptors (Lipinski definition) is 4. The molecule has 19 heavy (non-hydrogen) atoms. The first-order chi connectivity index (χ1) is 9.16. The van der Waals surface area contributed by atoms with Crippen LogP contribution in [0, 0.1) is 0 Å². The number of phenols is 1. The van der Waals surface area contributed by atoms with Crippen molar-refractivity contribution < 1.29 is 9.90 Å². The summed E-state index contributed by atoms with van der Waals surface area (Å²) in [7, 11) is 0. The number of aromatic hydroxyl groups is 1. The Labute approximate surface area is 118 Å². The van der Waals surface area contributed by atoms with E-state index >= 15 is 0 Å². The minimum atomic E-state index is -0.331. The van der Waals surface area contributed by atoms with E-state index in [1.807, 2.05) is 0 Å². The third-order valence-electron chi connectivity index (χ3n) is 2.28. The predicted octanol–water partition coefficient (Wildman–Crippen LogP) is 2.31. The maximum atomic E-state index is 11.6. The quantitative estimate of drug-likeness (QED) is 0.673. The highest BCUT2D eigenvalue weighted by Crippen LogP contribution is 2.23. The standard InChI is InChI=1S/C13H10BrN3O2/c14-11-6-9(3-4-12(11)18)7-16-17-13(19)10-2-1-5-15-8-10/h1-8,18H,(H,17,19)/b16-7+. The Morgan fingerprint density at radius 2 is 2.26 bits per heavy atom. The van der Waals surface area contributed by atoms with Crippen LogP contribution >= 0.6 is 15.9 Å². The fourth-order valence-corrected chi connectivity index (χ4v) is 1.73. The molecule has 1 aromatic carbocycles. The number of phenolic OH excluding ortho intramolecular Hbond substituents is 1. The maximum absolute atomic E-state index is 11.6. The number of benzene rings is 1. The van der Waals surface area contributed by atoms with Gasteiger partial charge in [-0.3, -0.25) is 9.78 Å². The number of amides is 1. The lowest BCUT2D eigenvalue weighted by atomic mass is 10.2. The lowest BCUT2D eigenvalue weighted by molar-refractivity contribution is 0.0955. The molecule has 0 atom stereocenters. The number of hydrogen-bond donors (Lipinski definition) is 2. The van der Waals surface area contributed by atoms with Gasteiger partial charge in [-0.1, -0.05) is 0 Å². The van der Waals surface area contributed by atoms with Gasteiger partial charge in [0.15, 0.2) is 0 Å². The summed E-state index contributed by atoms with van der Waals surface area (Å²) < 4.78 is 0.565. The highest BCUT2D eigenvalue weighted by Gasteiger charge is 2.02. The smallest absolute Gasteiger partial charge is 0.272 e. The molecule has 0 saturated carbocycles. The maximum Gasteiger partial charge on any atom is 0.272 e. The van der Waals surface area contributed by atoms with Gasteiger partial charge in [0.2, 0.25) is 0 Å². The average molecular weight is 320 g/mol. The second-order valence-electron chi connectivity index (χ2n) is 3.65. The molecular weight excluding hydrogens is 310 g/mol. The summed E-state index contributed by atoms with van der Waals surface area (Å²) in [5.41, 5.74) is 3.58. The molecule has 0 aliphatic rings. The zero-order chi connectivity index (χ0) is 13.7. The minimum Gasteiger partial charge on any atom is -0.507 e. The molecule has 2 N–H and O–H groups in total. The lowest BCUT2D eigenvalue weighted by Crippen LogP contribution is -2.17. The molecule has 1 aromatic heterocycles. The molecule has 2 rings (SSSR count). The molecule has 0 bridgehead atoms. The second kappa shape index (κ2) is 6.10. The van der Waals surface area contributed by atoms with Crippen molar-refractivity contribution in [1.82, 2.24) is 10.4 Å². The number of carbonyl (C=O) groups is 1. The second-order valence-corrected chi connectivity index (χ2v) is 4.51. The Morgan fingerprint density at radius 3 is 2.95 bits per heavy atom. The van der Waals surface area contributed by atoms with Crippen molar-refractivity contribution >= 4 is 28.1 Å². The number of pyridine rings is 1. The van der Waals surface area contributed by atoms with Crippen molar-refractivity contribution in [2.75, 3.05) is 0 Å². The largest absolute Gasteiger partial charge is 0.507 e. The van der Waals surface area contributed by atoms with Gasteiger partial charge in [-0.05, 0) is 51.8 Å². The highest BCUT2D eigenvalue weighted by molar-refractivity contribution is 9.10. The van der Waals surface area contributed by atoms with Crippen LogP contribution in [0.1, 0.15) is 15.9 Å². The van der Waals surface area contributed by atoms with E-state index in [4.69, 9.17) is 0 Å². The van der Waals surface area contributed by atoms with Crippen LogP contribution in [-0.2, 0) is 0 Å². The lowest BCUT2D eigenvalue weighted by Gasteiger charge is -1.99. The zero-order valence-corrected chi connectivity index (χ0v) is 11.3. The Bertz CT molecular complexity index is 615. The van der Waals surface area contributed by atoms with Crippen molar-refractivity contribution in [1.29, 1.82) is 0 Å². The number of nitrogens with zero attached hydrogens (tertiary/aromatic N) is 2. The van der Waals surface area contributed by atoms with E-state index in [-0.39, 0.29) is 11.7 Å². The van der Waals surface area contributed by atoms with Gasteiger partial charge in [0.05, 0.1) is 16.3 Å². The third kappa shape index (κ3) is 3.62. The van der Waals surface area contributed by atoms with Crippen molar-refractivity contribution in [2.24, 2.45) is 5.10 Å². The van der Waals surface area contributed by atoms with Crippen LogP contribution in [0.3, 0.4) is 0 Å². The monoisotopic (exact) mass is 319 g/mol. The molecule has 0 aliphatic carbocycles. The van der Waals surface area contributed by atoms with Crippen LogP contribution in [0.5, 0.6) is 5.75 Å². The summed E-state index contributed by atoms with van der Waals surface area (Å²) in [5, 5.41) is 13.2. The number of aromatic nitrogens is 1. The van der Waals surface area contributed by atoms with Crippen molar-refractivity contribution in [2.45, 2.75) is 0 Å². The van der Waals surface area contributed by atoms with E-state index in [0.29, 0.717) is 10.0 Å². The molecule has 0 fully saturated rings. The molecule has 96 valence electrons. The summed E-state index contributed by atoms with van der Waals surface area (Å²) in [6.07, 6.45) is 4.54. The molecule has 5 nitrogen and oxygen atoms in total. The SMILES string of the molecule is O=C(N/N=C/c1ccc(O)c(Br)c1)c1cccnc1. The molecule has 0 unspecified atom stereocenters. The molecule has 0 spiro atoms. The highest BCUT2D eigenvalue weighted by atomic mass is 79.9. The van der Waals surface area contributed by atoms with Gasteiger partial charge in [-0.15, -0.1) is 0 Å². The molecule has 1 heterocycles. The average Bonchev–Trinajstić information content (AvgIpc) is 2.43. The van der Waals surface area contributed by atoms with Gasteiger partial charge in [0.25, 0.3) is 5.91 Å². The summed E-state index contributed by atoms with van der Waals surface area (Å²) in [6, 6.07) is 8.23. The van der Waals surface area contributed by atoms with Gasteiger partial charge in [-0.25, -0.2) is 5.43 Å². The van der Waals surface area contributed by atoms with Crippen LogP contribution in [-0.4, -0.2) is 22.2 Å². The number of hydrazone groups is 1. The zero-order valence-electron chi connectivity index (χ0n) is 9.75. The molecular formula is C13H10BrN3O2. The van der Waals surface area contributed by atoms with Crippen molar-refractivity contribution in [3.05, 3.63) is 58.3 Å². The van der Waals surface area contributed by atoms with E-state index < -0.39 is 0 Å². The number of halogens is 1. The normalized spacial score (nSPS) is 10.6. The van der Waals surface area contributed by atoms with Crippen molar-refractivity contribution in [3.8, 4) is 5.75 Å². The van der Waals surface area contributed by atoms with E-state index in [2.05, 4.69) is 31.4 Å². The van der Waals surface area contributed by atoms with Gasteiger partial charge < -0.3 is 5.11 Å². The van der Waals surface area contributed by atoms with Gasteiger partial charge in [0, 0.05) is 12.4 Å². The summed E-state index contributed by atoms with van der Waals surface area (Å²) in [5.74, 6) is -0.182. The molecule has 0 aliphatic heterocycles. The molecule has 0 saturated heterocycles. The summed E-state index contributed by atoms with van der Waals surface area (Å²) in [6.45, 7) is 0. The van der Waals surface area contributed by atoms with E-state index in [1.54, 1.807) is 30.5 Å². The van der Waals surface area contributed by atoms with Crippen LogP contribution < -0.4 is 5.43 Å². The third-order valence-corrected chi connectivity index (χ3v) is 2.91. The fourth-order valence-electron chi connectivity index (χ4n) is 1.33. The number of rotatable bonds is 3. The van der Waals surface area contributed by atoms with Crippen LogP contribution in [0.4, 0.5) is 0 Å². The van der Waals surface area contributed by atoms with Gasteiger partial charge in [0.1, 0.15) is 5.75 Å². The summed E-state index contributed by atoms with van der Waals surface area (Å²) in [4.78, 5) is 15.5. The topological polar surface area (TPSA) is 74.6 Å². The first-order valence-corrected chi connectivity index (χ1v) is 6.18. The number of carbonyl (C=O) groups excluding carboxylic acids is 1. The van der Waals surface area contributed by atoms with E-state index in [9.17, 15) is 9.90 Å². The van der Waals surface area contributed by atoms with E-state index in [0.717, 1.165) is 5.56 Å². The van der Waals surface area contributed by atoms with Crippen LogP contribution in [0.2, 0.25) is 0 Å².